The summed E-state index contributed by atoms with van der Waals surface area (Å²) in [6.45, 7) is 4.18. The van der Waals surface area contributed by atoms with Crippen molar-refractivity contribution in [3.8, 4) is 5.75 Å². The van der Waals surface area contributed by atoms with Gasteiger partial charge in [0, 0.05) is 22.7 Å². The van der Waals surface area contributed by atoms with E-state index < -0.39 is 0 Å². The van der Waals surface area contributed by atoms with Crippen LogP contribution in [0.2, 0.25) is 5.02 Å². The van der Waals surface area contributed by atoms with E-state index in [1.807, 2.05) is 42.5 Å². The summed E-state index contributed by atoms with van der Waals surface area (Å²) in [5.74, 6) is 0.913. The van der Waals surface area contributed by atoms with E-state index in [-0.39, 0.29) is 11.6 Å². The summed E-state index contributed by atoms with van der Waals surface area (Å²) in [5, 5.41) is 7.89. The van der Waals surface area contributed by atoms with Crippen molar-refractivity contribution >= 4 is 34.6 Å². The smallest absolute Gasteiger partial charge is 0.171 e. The van der Waals surface area contributed by atoms with Gasteiger partial charge in [0.15, 0.2) is 5.11 Å². The molecule has 0 bridgehead atoms. The van der Waals surface area contributed by atoms with Gasteiger partial charge in [0.1, 0.15) is 11.4 Å². The first-order valence-corrected chi connectivity index (χ1v) is 8.33. The zero-order valence-corrected chi connectivity index (χ0v) is 14.7. The molecule has 2 aromatic rings. The van der Waals surface area contributed by atoms with Crippen LogP contribution in [0.5, 0.6) is 5.75 Å². The Morgan fingerprint density at radius 2 is 1.87 bits per heavy atom. The minimum atomic E-state index is -0.234. The summed E-state index contributed by atoms with van der Waals surface area (Å²) < 4.78 is 6.04. The molecule has 1 atom stereocenters. The van der Waals surface area contributed by atoms with Gasteiger partial charge in [-0.2, -0.15) is 0 Å². The number of fused-ring (bicyclic) bond motifs is 1. The molecule has 0 saturated carbocycles. The van der Waals surface area contributed by atoms with E-state index in [1.54, 1.807) is 0 Å². The number of benzene rings is 2. The molecule has 0 unspecified atom stereocenters. The minimum absolute atomic E-state index is 0.113. The highest BCUT2D eigenvalue weighted by Crippen LogP contribution is 2.39. The molecule has 3 rings (SSSR count). The zero-order chi connectivity index (χ0) is 16.4. The summed E-state index contributed by atoms with van der Waals surface area (Å²) in [6, 6.07) is 15.7. The lowest BCUT2D eigenvalue weighted by Gasteiger charge is -2.38. The number of hydrogen-bond acceptors (Lipinski definition) is 2. The Kier molecular flexibility index (Phi) is 4.46. The van der Waals surface area contributed by atoms with Crippen LogP contribution in [-0.4, -0.2) is 10.7 Å². The van der Waals surface area contributed by atoms with Crippen molar-refractivity contribution in [2.75, 3.05) is 5.32 Å². The third-order valence-electron chi connectivity index (χ3n) is 3.78. The number of para-hydroxylation sites is 1. The average Bonchev–Trinajstić information content (AvgIpc) is 2.48. The Balaban J connectivity index is 1.74. The highest BCUT2D eigenvalue weighted by molar-refractivity contribution is 7.80. The van der Waals surface area contributed by atoms with Crippen LogP contribution in [0.25, 0.3) is 0 Å². The maximum absolute atomic E-state index is 6.04. The first-order chi connectivity index (χ1) is 10.9. The molecule has 0 spiro atoms. The van der Waals surface area contributed by atoms with Crippen molar-refractivity contribution in [2.45, 2.75) is 31.9 Å². The summed E-state index contributed by atoms with van der Waals surface area (Å²) in [4.78, 5) is 0. The predicted octanol–water partition coefficient (Wildman–Crippen LogP) is 4.93. The maximum atomic E-state index is 6.04. The average molecular weight is 347 g/mol. The van der Waals surface area contributed by atoms with E-state index in [0.29, 0.717) is 10.1 Å². The monoisotopic (exact) mass is 346 g/mol. The van der Waals surface area contributed by atoms with Gasteiger partial charge in [0.25, 0.3) is 0 Å². The second-order valence-corrected chi connectivity index (χ2v) is 7.11. The molecule has 0 fully saturated rings. The fraction of sp³-hybridized carbons (Fsp3) is 0.278. The van der Waals surface area contributed by atoms with Crippen LogP contribution in [0.4, 0.5) is 5.69 Å². The van der Waals surface area contributed by atoms with Crippen molar-refractivity contribution in [1.82, 2.24) is 5.32 Å². The minimum Gasteiger partial charge on any atom is -0.487 e. The largest absolute Gasteiger partial charge is 0.487 e. The number of nitrogens with one attached hydrogen (secondary N) is 2. The first kappa shape index (κ1) is 16.1. The van der Waals surface area contributed by atoms with Crippen LogP contribution >= 0.6 is 23.8 Å². The number of anilines is 1. The van der Waals surface area contributed by atoms with E-state index in [0.717, 1.165) is 23.4 Å². The fourth-order valence-electron chi connectivity index (χ4n) is 2.79. The lowest BCUT2D eigenvalue weighted by atomic mass is 9.90. The van der Waals surface area contributed by atoms with Gasteiger partial charge < -0.3 is 15.4 Å². The second kappa shape index (κ2) is 6.38. The molecule has 23 heavy (non-hydrogen) atoms. The normalized spacial score (nSPS) is 18.5. The molecule has 0 radical (unpaired) electrons. The van der Waals surface area contributed by atoms with Crippen LogP contribution in [0.1, 0.15) is 31.9 Å². The number of thiocarbonyl (C=S) groups is 1. The molecule has 1 heterocycles. The van der Waals surface area contributed by atoms with Crippen LogP contribution in [0.3, 0.4) is 0 Å². The Bertz CT molecular complexity index is 715. The molecule has 0 amide bonds. The highest BCUT2D eigenvalue weighted by Gasteiger charge is 2.33. The van der Waals surface area contributed by atoms with Gasteiger partial charge in [0.2, 0.25) is 0 Å². The molecular weight excluding hydrogens is 328 g/mol. The van der Waals surface area contributed by atoms with Gasteiger partial charge in [-0.25, -0.2) is 0 Å². The number of hydrogen-bond donors (Lipinski definition) is 2. The standard InChI is InChI=1S/C18H19ClN2OS/c1-18(2)11-15(14-5-3-4-6-16(14)22-18)21-17(23)20-13-9-7-12(19)8-10-13/h3-10,15H,11H2,1-2H3,(H2,20,21,23)/t15-/m1/s1. The highest BCUT2D eigenvalue weighted by atomic mass is 35.5. The SMILES string of the molecule is CC1(C)C[C@@H](NC(=S)Nc2ccc(Cl)cc2)c2ccccc2O1. The van der Waals surface area contributed by atoms with Gasteiger partial charge in [-0.3, -0.25) is 0 Å². The lowest BCUT2D eigenvalue weighted by molar-refractivity contribution is 0.0697. The summed E-state index contributed by atoms with van der Waals surface area (Å²) >= 11 is 11.4. The number of ether oxygens (including phenoxy) is 1. The third kappa shape index (κ3) is 3.95. The van der Waals surface area contributed by atoms with Gasteiger partial charge in [0.05, 0.1) is 6.04 Å². The van der Waals surface area contributed by atoms with E-state index in [1.165, 1.54) is 0 Å². The summed E-state index contributed by atoms with van der Waals surface area (Å²) in [7, 11) is 0. The van der Waals surface area contributed by atoms with Crippen molar-refractivity contribution in [1.29, 1.82) is 0 Å². The Hall–Kier alpha value is -1.78. The number of rotatable bonds is 2. The molecule has 5 heteroatoms. The zero-order valence-electron chi connectivity index (χ0n) is 13.1. The van der Waals surface area contributed by atoms with Crippen molar-refractivity contribution < 1.29 is 4.74 Å². The Morgan fingerprint density at radius 3 is 2.61 bits per heavy atom. The van der Waals surface area contributed by atoms with Crippen molar-refractivity contribution in [3.63, 3.8) is 0 Å². The van der Waals surface area contributed by atoms with E-state index in [4.69, 9.17) is 28.6 Å². The molecule has 120 valence electrons. The topological polar surface area (TPSA) is 33.3 Å². The Morgan fingerprint density at radius 1 is 1.17 bits per heavy atom. The van der Waals surface area contributed by atoms with Gasteiger partial charge in [-0.05, 0) is 56.4 Å². The van der Waals surface area contributed by atoms with Crippen LogP contribution < -0.4 is 15.4 Å². The molecule has 1 aliphatic rings. The van der Waals surface area contributed by atoms with E-state index in [2.05, 4.69) is 30.5 Å². The second-order valence-electron chi connectivity index (χ2n) is 6.26. The van der Waals surface area contributed by atoms with Gasteiger partial charge in [-0.1, -0.05) is 29.8 Å². The van der Waals surface area contributed by atoms with Gasteiger partial charge >= 0.3 is 0 Å². The number of halogens is 1. The first-order valence-electron chi connectivity index (χ1n) is 7.54. The summed E-state index contributed by atoms with van der Waals surface area (Å²) in [6.07, 6.45) is 0.840. The predicted molar refractivity (Wildman–Crippen MR) is 99.3 cm³/mol. The lowest BCUT2D eigenvalue weighted by Crippen LogP contribution is -2.42. The van der Waals surface area contributed by atoms with Crippen LogP contribution in [0.15, 0.2) is 48.5 Å². The third-order valence-corrected chi connectivity index (χ3v) is 4.26. The molecule has 2 N–H and O–H groups in total. The van der Waals surface area contributed by atoms with Crippen molar-refractivity contribution in [2.24, 2.45) is 0 Å². The van der Waals surface area contributed by atoms with Crippen LogP contribution in [-0.2, 0) is 0 Å². The van der Waals surface area contributed by atoms with E-state index >= 15 is 0 Å². The van der Waals surface area contributed by atoms with Gasteiger partial charge in [-0.15, -0.1) is 0 Å². The molecule has 3 nitrogen and oxygen atoms in total. The quantitative estimate of drug-likeness (QED) is 0.755. The molecule has 0 aromatic heterocycles. The molecular formula is C18H19ClN2OS. The summed E-state index contributed by atoms with van der Waals surface area (Å²) in [5.41, 5.74) is 1.81. The molecule has 2 aromatic carbocycles. The molecule has 0 saturated heterocycles. The fourth-order valence-corrected chi connectivity index (χ4v) is 3.18. The maximum Gasteiger partial charge on any atom is 0.171 e. The Labute approximate surface area is 147 Å². The van der Waals surface area contributed by atoms with Crippen LogP contribution in [0, 0.1) is 0 Å². The van der Waals surface area contributed by atoms with E-state index in [9.17, 15) is 0 Å². The molecule has 1 aliphatic heterocycles. The molecule has 0 aliphatic carbocycles. The van der Waals surface area contributed by atoms with Crippen molar-refractivity contribution in [3.05, 3.63) is 59.1 Å².